The number of methoxy groups -OCH3 is 2. The molecule has 2 N–H and O–H groups in total. The lowest BCUT2D eigenvalue weighted by Crippen LogP contribution is -2.39. The number of ketones is 1. The average molecular weight is 556 g/mol. The van der Waals surface area contributed by atoms with E-state index < -0.39 is 23.7 Å². The zero-order valence-corrected chi connectivity index (χ0v) is 23.7. The van der Waals surface area contributed by atoms with Gasteiger partial charge in [-0.25, -0.2) is 4.79 Å². The number of hydrogen-bond donors (Lipinski definition) is 2. The highest BCUT2D eigenvalue weighted by Crippen LogP contribution is 2.46. The van der Waals surface area contributed by atoms with Crippen molar-refractivity contribution in [3.8, 4) is 11.5 Å². The van der Waals surface area contributed by atoms with Crippen LogP contribution in [0.1, 0.15) is 52.3 Å². The zero-order chi connectivity index (χ0) is 29.0. The Morgan fingerprint density at radius 2 is 1.85 bits per heavy atom. The quantitative estimate of drug-likeness (QED) is 0.197. The number of hydrogen-bond acceptors (Lipinski definition) is 9. The average Bonchev–Trinajstić information content (AvgIpc) is 3.39. The van der Waals surface area contributed by atoms with Crippen molar-refractivity contribution in [2.75, 3.05) is 60.2 Å². The van der Waals surface area contributed by atoms with Crippen molar-refractivity contribution in [3.05, 3.63) is 51.9 Å². The summed E-state index contributed by atoms with van der Waals surface area (Å²) >= 11 is 0. The fourth-order valence-electron chi connectivity index (χ4n) is 5.50. The number of nitrogens with one attached hydrogen (secondary N) is 1. The van der Waals surface area contributed by atoms with Crippen LogP contribution in [-0.2, 0) is 19.1 Å². The Morgan fingerprint density at radius 1 is 1.12 bits per heavy atom. The largest absolute Gasteiger partial charge is 0.507 e. The van der Waals surface area contributed by atoms with Crippen LogP contribution in [0.4, 0.5) is 0 Å². The highest BCUT2D eigenvalue weighted by Gasteiger charge is 2.47. The number of morpholine rings is 1. The number of Topliss-reactive ketones (excluding diaryl/α,β-unsaturated/α-hetero) is 1. The number of carbonyl (C=O) groups excluding carboxylic acids is 3. The van der Waals surface area contributed by atoms with E-state index in [-0.39, 0.29) is 35.7 Å². The number of aromatic amines is 1. The number of aliphatic hydroxyl groups excluding tert-OH is 1. The Morgan fingerprint density at radius 3 is 2.50 bits per heavy atom. The number of amides is 1. The van der Waals surface area contributed by atoms with E-state index in [1.807, 2.05) is 0 Å². The molecule has 0 spiro atoms. The zero-order valence-electron chi connectivity index (χ0n) is 23.7. The summed E-state index contributed by atoms with van der Waals surface area (Å²) in [7, 11) is 2.99. The van der Waals surface area contributed by atoms with E-state index in [0.717, 1.165) is 19.6 Å². The molecule has 0 radical (unpaired) electrons. The fraction of sp³-hybridized carbons (Fsp3) is 0.483. The number of aromatic nitrogens is 1. The first kappa shape index (κ1) is 29.2. The lowest BCUT2D eigenvalue weighted by atomic mass is 9.93. The number of aryl methyl sites for hydroxylation is 1. The normalized spacial score (nSPS) is 19.2. The molecule has 216 valence electrons. The summed E-state index contributed by atoms with van der Waals surface area (Å²) in [6.45, 7) is 9.17. The number of benzene rings is 1. The molecule has 0 bridgehead atoms. The van der Waals surface area contributed by atoms with E-state index >= 15 is 0 Å². The monoisotopic (exact) mass is 555 g/mol. The van der Waals surface area contributed by atoms with Crippen molar-refractivity contribution in [2.45, 2.75) is 33.2 Å². The van der Waals surface area contributed by atoms with Gasteiger partial charge < -0.3 is 33.9 Å². The number of H-pyrrole nitrogens is 1. The third-order valence-electron chi connectivity index (χ3n) is 7.40. The molecule has 2 fully saturated rings. The van der Waals surface area contributed by atoms with Crippen LogP contribution in [0.15, 0.2) is 23.8 Å². The Bertz CT molecular complexity index is 1310. The first-order valence-electron chi connectivity index (χ1n) is 13.4. The molecule has 40 heavy (non-hydrogen) atoms. The van der Waals surface area contributed by atoms with Crippen molar-refractivity contribution in [1.29, 1.82) is 0 Å². The van der Waals surface area contributed by atoms with Gasteiger partial charge in [0.15, 0.2) is 11.5 Å². The SMILES string of the molecule is CCOC(=O)c1[nH]c(C)c(/C(O)=C2\C(=O)C(=O)N(CCCN3CCOCC3)[C@H]2c2cccc(OC)c2OC)c1C. The van der Waals surface area contributed by atoms with Gasteiger partial charge in [0.05, 0.1) is 45.7 Å². The molecule has 11 heteroatoms. The number of rotatable bonds is 10. The second kappa shape index (κ2) is 12.6. The Kier molecular flexibility index (Phi) is 9.16. The summed E-state index contributed by atoms with van der Waals surface area (Å²) in [6.07, 6.45) is 0.616. The van der Waals surface area contributed by atoms with Crippen molar-refractivity contribution in [1.82, 2.24) is 14.8 Å². The summed E-state index contributed by atoms with van der Waals surface area (Å²) in [4.78, 5) is 46.3. The van der Waals surface area contributed by atoms with Gasteiger partial charge in [0.1, 0.15) is 11.5 Å². The van der Waals surface area contributed by atoms with Crippen LogP contribution in [-0.4, -0.2) is 97.8 Å². The molecule has 11 nitrogen and oxygen atoms in total. The molecule has 1 amide bonds. The maximum absolute atomic E-state index is 13.6. The highest BCUT2D eigenvalue weighted by molar-refractivity contribution is 6.46. The van der Waals surface area contributed by atoms with E-state index in [9.17, 15) is 19.5 Å². The van der Waals surface area contributed by atoms with Crippen molar-refractivity contribution in [2.24, 2.45) is 0 Å². The van der Waals surface area contributed by atoms with E-state index in [4.69, 9.17) is 18.9 Å². The van der Waals surface area contributed by atoms with Gasteiger partial charge in [-0.05, 0) is 38.8 Å². The third-order valence-corrected chi connectivity index (χ3v) is 7.40. The fourth-order valence-corrected chi connectivity index (χ4v) is 5.50. The first-order chi connectivity index (χ1) is 19.2. The molecule has 0 aliphatic carbocycles. The van der Waals surface area contributed by atoms with Crippen molar-refractivity contribution in [3.63, 3.8) is 0 Å². The van der Waals surface area contributed by atoms with E-state index in [0.29, 0.717) is 48.0 Å². The van der Waals surface area contributed by atoms with E-state index in [1.165, 1.54) is 19.1 Å². The molecule has 0 unspecified atom stereocenters. The van der Waals surface area contributed by atoms with Crippen LogP contribution in [0.5, 0.6) is 11.5 Å². The van der Waals surface area contributed by atoms with Crippen molar-refractivity contribution < 1.29 is 38.4 Å². The lowest BCUT2D eigenvalue weighted by molar-refractivity contribution is -0.140. The van der Waals surface area contributed by atoms with Gasteiger partial charge >= 0.3 is 5.97 Å². The number of carbonyl (C=O) groups is 3. The van der Waals surface area contributed by atoms with Gasteiger partial charge in [-0.3, -0.25) is 14.5 Å². The second-order valence-electron chi connectivity index (χ2n) is 9.73. The molecule has 1 aromatic heterocycles. The molecule has 2 saturated heterocycles. The Labute approximate surface area is 233 Å². The topological polar surface area (TPSA) is 131 Å². The molecule has 2 aliphatic heterocycles. The van der Waals surface area contributed by atoms with E-state index in [2.05, 4.69) is 9.88 Å². The van der Waals surface area contributed by atoms with Crippen LogP contribution in [0, 0.1) is 13.8 Å². The summed E-state index contributed by atoms with van der Waals surface area (Å²) < 4.78 is 21.7. The van der Waals surface area contributed by atoms with Gasteiger partial charge in [-0.1, -0.05) is 12.1 Å². The standard InChI is InChI=1S/C29H37N3O8/c1-6-40-29(36)23-17(2)21(18(3)30-23)25(33)22-24(19-9-7-10-20(37-4)27(19)38-5)32(28(35)26(22)34)12-8-11-31-13-15-39-16-14-31/h7,9-10,24,30,33H,6,8,11-16H2,1-5H3/b25-22+/t24-/m0/s1. The molecule has 1 atom stereocenters. The molecule has 2 aliphatic rings. The van der Waals surface area contributed by atoms with Gasteiger partial charge in [0.25, 0.3) is 11.7 Å². The highest BCUT2D eigenvalue weighted by atomic mass is 16.5. The molecule has 2 aromatic rings. The van der Waals surface area contributed by atoms with Crippen LogP contribution in [0.25, 0.3) is 5.76 Å². The number of aliphatic hydroxyl groups is 1. The van der Waals surface area contributed by atoms with Crippen LogP contribution < -0.4 is 9.47 Å². The number of esters is 1. The summed E-state index contributed by atoms with van der Waals surface area (Å²) in [6, 6.07) is 4.28. The molecular formula is C29H37N3O8. The molecular weight excluding hydrogens is 518 g/mol. The third kappa shape index (κ3) is 5.44. The van der Waals surface area contributed by atoms with Crippen LogP contribution >= 0.6 is 0 Å². The Balaban J connectivity index is 1.82. The van der Waals surface area contributed by atoms with Gasteiger partial charge in [0.2, 0.25) is 0 Å². The van der Waals surface area contributed by atoms with Gasteiger partial charge in [-0.2, -0.15) is 0 Å². The maximum Gasteiger partial charge on any atom is 0.355 e. The number of para-hydroxylation sites is 1. The smallest absolute Gasteiger partial charge is 0.355 e. The number of nitrogens with zero attached hydrogens (tertiary/aromatic N) is 2. The molecule has 4 rings (SSSR count). The lowest BCUT2D eigenvalue weighted by Gasteiger charge is -2.30. The summed E-state index contributed by atoms with van der Waals surface area (Å²) in [5, 5.41) is 11.7. The summed E-state index contributed by atoms with van der Waals surface area (Å²) in [5.41, 5.74) is 1.77. The predicted octanol–water partition coefficient (Wildman–Crippen LogP) is 2.97. The molecule has 3 heterocycles. The minimum atomic E-state index is -0.936. The molecule has 1 aromatic carbocycles. The first-order valence-corrected chi connectivity index (χ1v) is 13.4. The van der Waals surface area contributed by atoms with Crippen molar-refractivity contribution >= 4 is 23.4 Å². The van der Waals surface area contributed by atoms with E-state index in [1.54, 1.807) is 39.0 Å². The minimum Gasteiger partial charge on any atom is -0.507 e. The Hall–Kier alpha value is -3.83. The second-order valence-corrected chi connectivity index (χ2v) is 9.73. The maximum atomic E-state index is 13.6. The molecule has 0 saturated carbocycles. The number of ether oxygens (including phenoxy) is 4. The van der Waals surface area contributed by atoms with Crippen LogP contribution in [0.3, 0.4) is 0 Å². The van der Waals surface area contributed by atoms with Gasteiger partial charge in [-0.15, -0.1) is 0 Å². The predicted molar refractivity (Wildman–Crippen MR) is 147 cm³/mol. The number of likely N-dealkylation sites (tertiary alicyclic amines) is 1. The summed E-state index contributed by atoms with van der Waals surface area (Å²) in [5.74, 6) is -1.68. The van der Waals surface area contributed by atoms with Gasteiger partial charge in [0, 0.05) is 43.0 Å². The minimum absolute atomic E-state index is 0.0801. The van der Waals surface area contributed by atoms with Crippen LogP contribution in [0.2, 0.25) is 0 Å².